The molecule has 6 nitrogen and oxygen atoms in total. The molecule has 0 radical (unpaired) electrons. The summed E-state index contributed by atoms with van der Waals surface area (Å²) < 4.78 is 5.08. The quantitative estimate of drug-likeness (QED) is 0.716. The van der Waals surface area contributed by atoms with E-state index < -0.39 is 5.91 Å². The van der Waals surface area contributed by atoms with E-state index >= 15 is 0 Å². The van der Waals surface area contributed by atoms with Crippen molar-refractivity contribution in [1.82, 2.24) is 10.4 Å². The van der Waals surface area contributed by atoms with E-state index in [1.165, 1.54) is 18.3 Å². The normalized spacial score (nSPS) is 10.2. The molecule has 0 bridgehead atoms. The number of rotatable bonds is 4. The molecule has 2 amide bonds. The number of nitrogens with zero attached hydrogens (tertiary/aromatic N) is 2. The van der Waals surface area contributed by atoms with Gasteiger partial charge in [0.1, 0.15) is 5.75 Å². The molecular weight excluding hydrogens is 350 g/mol. The second-order valence-electron chi connectivity index (χ2n) is 5.41. The van der Waals surface area contributed by atoms with Crippen LogP contribution in [0, 0.1) is 0 Å². The average Bonchev–Trinajstić information content (AvgIpc) is 3.16. The van der Waals surface area contributed by atoms with Crippen molar-refractivity contribution < 1.29 is 14.3 Å². The fourth-order valence-electron chi connectivity index (χ4n) is 2.28. The first-order valence-corrected chi connectivity index (χ1v) is 8.73. The molecule has 1 aromatic heterocycles. The highest BCUT2D eigenvalue weighted by molar-refractivity contribution is 7.14. The van der Waals surface area contributed by atoms with Gasteiger partial charge in [-0.3, -0.25) is 15.0 Å². The van der Waals surface area contributed by atoms with Crippen LogP contribution in [0.4, 0.5) is 5.13 Å². The van der Waals surface area contributed by atoms with Crippen molar-refractivity contribution in [2.75, 3.05) is 12.1 Å². The summed E-state index contributed by atoms with van der Waals surface area (Å²) in [6, 6.07) is 16.3. The van der Waals surface area contributed by atoms with Gasteiger partial charge in [0.25, 0.3) is 5.91 Å². The summed E-state index contributed by atoms with van der Waals surface area (Å²) in [6.07, 6.45) is 0. The second kappa shape index (κ2) is 7.79. The van der Waals surface area contributed by atoms with Crippen LogP contribution < -0.4 is 15.2 Å². The number of carbonyl (C=O) groups is 2. The van der Waals surface area contributed by atoms with Crippen LogP contribution in [0.15, 0.2) is 60.0 Å². The third-order valence-electron chi connectivity index (χ3n) is 3.63. The minimum Gasteiger partial charge on any atom is -0.497 e. The lowest BCUT2D eigenvalue weighted by molar-refractivity contribution is -0.117. The van der Waals surface area contributed by atoms with Crippen LogP contribution in [-0.2, 0) is 4.79 Å². The van der Waals surface area contributed by atoms with Crippen LogP contribution in [0.2, 0.25) is 0 Å². The third kappa shape index (κ3) is 3.89. The minimum atomic E-state index is -0.403. The number of hydrogen-bond acceptors (Lipinski definition) is 5. The Morgan fingerprint density at radius 1 is 1.08 bits per heavy atom. The van der Waals surface area contributed by atoms with Crippen LogP contribution in [0.1, 0.15) is 17.3 Å². The van der Waals surface area contributed by atoms with E-state index in [4.69, 9.17) is 4.74 Å². The number of ether oxygens (including phenoxy) is 1. The molecule has 132 valence electrons. The van der Waals surface area contributed by atoms with Gasteiger partial charge in [0, 0.05) is 23.4 Å². The van der Waals surface area contributed by atoms with Crippen molar-refractivity contribution in [3.63, 3.8) is 0 Å². The molecule has 1 N–H and O–H groups in total. The molecule has 0 aliphatic carbocycles. The van der Waals surface area contributed by atoms with E-state index in [0.717, 1.165) is 16.3 Å². The van der Waals surface area contributed by atoms with E-state index in [-0.39, 0.29) is 5.91 Å². The van der Waals surface area contributed by atoms with Gasteiger partial charge in [-0.05, 0) is 24.3 Å². The van der Waals surface area contributed by atoms with Crippen molar-refractivity contribution in [2.24, 2.45) is 0 Å². The van der Waals surface area contributed by atoms with Crippen LogP contribution in [0.25, 0.3) is 11.3 Å². The molecule has 0 saturated heterocycles. The number of methoxy groups -OCH3 is 1. The molecule has 0 aliphatic rings. The number of hydrogen-bond donors (Lipinski definition) is 1. The number of nitrogens with one attached hydrogen (secondary N) is 1. The van der Waals surface area contributed by atoms with E-state index in [0.29, 0.717) is 16.4 Å². The molecule has 0 fully saturated rings. The molecule has 0 spiro atoms. The van der Waals surface area contributed by atoms with Gasteiger partial charge in [-0.1, -0.05) is 30.3 Å². The lowest BCUT2D eigenvalue weighted by Gasteiger charge is -2.18. The summed E-state index contributed by atoms with van der Waals surface area (Å²) in [7, 11) is 1.55. The van der Waals surface area contributed by atoms with E-state index in [2.05, 4.69) is 10.4 Å². The molecular formula is C19H17N3O3S. The zero-order chi connectivity index (χ0) is 18.5. The smallest absolute Gasteiger partial charge is 0.270 e. The maximum absolute atomic E-state index is 12.4. The van der Waals surface area contributed by atoms with Crippen molar-refractivity contribution >= 4 is 28.3 Å². The van der Waals surface area contributed by atoms with Gasteiger partial charge < -0.3 is 4.74 Å². The Kier molecular flexibility index (Phi) is 5.28. The van der Waals surface area contributed by atoms with Crippen LogP contribution >= 0.6 is 11.3 Å². The number of anilines is 1. The Morgan fingerprint density at radius 3 is 2.38 bits per heavy atom. The predicted octanol–water partition coefficient (Wildman–Crippen LogP) is 3.52. The third-order valence-corrected chi connectivity index (χ3v) is 4.46. The molecule has 26 heavy (non-hydrogen) atoms. The topological polar surface area (TPSA) is 71.5 Å². The van der Waals surface area contributed by atoms with Gasteiger partial charge in [0.15, 0.2) is 0 Å². The molecule has 0 atom stereocenters. The number of hydrazine groups is 1. The molecule has 0 aliphatic heterocycles. The lowest BCUT2D eigenvalue weighted by atomic mass is 10.2. The van der Waals surface area contributed by atoms with E-state index in [9.17, 15) is 9.59 Å². The van der Waals surface area contributed by atoms with Gasteiger partial charge >= 0.3 is 0 Å². The molecule has 7 heteroatoms. The Hall–Kier alpha value is -3.19. The number of amides is 2. The number of benzene rings is 2. The maximum Gasteiger partial charge on any atom is 0.270 e. The van der Waals surface area contributed by atoms with Gasteiger partial charge in [-0.25, -0.2) is 4.98 Å². The van der Waals surface area contributed by atoms with Crippen LogP contribution in [0.5, 0.6) is 5.75 Å². The molecule has 0 unspecified atom stereocenters. The van der Waals surface area contributed by atoms with Crippen LogP contribution in [0.3, 0.4) is 0 Å². The summed E-state index contributed by atoms with van der Waals surface area (Å²) in [5.41, 5.74) is 4.71. The Morgan fingerprint density at radius 2 is 1.77 bits per heavy atom. The highest BCUT2D eigenvalue weighted by Gasteiger charge is 2.19. The van der Waals surface area contributed by atoms with E-state index in [1.54, 1.807) is 31.4 Å². The minimum absolute atomic E-state index is 0.333. The zero-order valence-corrected chi connectivity index (χ0v) is 15.1. The average molecular weight is 367 g/mol. The Balaban J connectivity index is 1.80. The summed E-state index contributed by atoms with van der Waals surface area (Å²) in [5, 5.41) is 3.40. The van der Waals surface area contributed by atoms with Gasteiger partial charge in [0.2, 0.25) is 11.0 Å². The van der Waals surface area contributed by atoms with Crippen molar-refractivity contribution in [2.45, 2.75) is 6.92 Å². The lowest BCUT2D eigenvalue weighted by Crippen LogP contribution is -2.45. The standard InChI is InChI=1S/C19H17N3O3S/c1-13(23)22(21-18(24)15-8-10-16(25-2)11-9-15)19-20-17(12-26-19)14-6-4-3-5-7-14/h3-12H,1-2H3,(H,21,24). The Labute approximate surface area is 155 Å². The fourth-order valence-corrected chi connectivity index (χ4v) is 3.11. The number of thiazole rings is 1. The molecule has 3 aromatic rings. The summed E-state index contributed by atoms with van der Waals surface area (Å²) in [4.78, 5) is 28.9. The summed E-state index contributed by atoms with van der Waals surface area (Å²) >= 11 is 1.28. The van der Waals surface area contributed by atoms with Crippen molar-refractivity contribution in [1.29, 1.82) is 0 Å². The highest BCUT2D eigenvalue weighted by atomic mass is 32.1. The first-order chi connectivity index (χ1) is 12.6. The predicted molar refractivity (Wildman–Crippen MR) is 101 cm³/mol. The van der Waals surface area contributed by atoms with Gasteiger partial charge in [-0.2, -0.15) is 5.01 Å². The summed E-state index contributed by atoms with van der Waals surface area (Å²) in [5.74, 6) is -0.0856. The zero-order valence-electron chi connectivity index (χ0n) is 14.3. The van der Waals surface area contributed by atoms with E-state index in [1.807, 2.05) is 35.7 Å². The fraction of sp³-hybridized carbons (Fsp3) is 0.105. The van der Waals surface area contributed by atoms with Gasteiger partial charge in [0.05, 0.1) is 12.8 Å². The van der Waals surface area contributed by atoms with Crippen molar-refractivity contribution in [3.05, 3.63) is 65.5 Å². The van der Waals surface area contributed by atoms with Gasteiger partial charge in [-0.15, -0.1) is 11.3 Å². The molecule has 3 rings (SSSR count). The molecule has 1 heterocycles. The van der Waals surface area contributed by atoms with Crippen molar-refractivity contribution in [3.8, 4) is 17.0 Å². The highest BCUT2D eigenvalue weighted by Crippen LogP contribution is 2.26. The largest absolute Gasteiger partial charge is 0.497 e. The van der Waals surface area contributed by atoms with Crippen LogP contribution in [-0.4, -0.2) is 23.9 Å². The molecule has 2 aromatic carbocycles. The number of aromatic nitrogens is 1. The maximum atomic E-state index is 12.4. The Bertz CT molecular complexity index is 907. The monoisotopic (exact) mass is 367 g/mol. The SMILES string of the molecule is COc1ccc(C(=O)NN(C(C)=O)c2nc(-c3ccccc3)cs2)cc1. The second-order valence-corrected chi connectivity index (χ2v) is 6.24. The molecule has 0 saturated carbocycles. The first kappa shape index (κ1) is 17.6. The first-order valence-electron chi connectivity index (χ1n) is 7.85. The summed E-state index contributed by atoms with van der Waals surface area (Å²) in [6.45, 7) is 1.37. The number of carbonyl (C=O) groups excluding carboxylic acids is 2.